The number of nitrogens with one attached hydrogen (secondary N) is 1. The second-order valence-corrected chi connectivity index (χ2v) is 5.95. The van der Waals surface area contributed by atoms with E-state index in [1.807, 2.05) is 25.1 Å². The second kappa shape index (κ2) is 5.10. The van der Waals surface area contributed by atoms with Gasteiger partial charge in [-0.05, 0) is 38.0 Å². The van der Waals surface area contributed by atoms with Crippen molar-refractivity contribution >= 4 is 34.4 Å². The zero-order chi connectivity index (χ0) is 15.1. The van der Waals surface area contributed by atoms with E-state index >= 15 is 0 Å². The molecule has 2 heterocycles. The number of carbonyl (C=O) groups is 1. The molecule has 0 aliphatic heterocycles. The summed E-state index contributed by atoms with van der Waals surface area (Å²) in [7, 11) is 0. The molecule has 6 nitrogen and oxygen atoms in total. The van der Waals surface area contributed by atoms with Crippen LogP contribution in [-0.4, -0.2) is 24.6 Å². The summed E-state index contributed by atoms with van der Waals surface area (Å²) in [6.07, 6.45) is 2.21. The number of carbonyl (C=O) groups excluding carboxylic acids is 1. The molecule has 7 heteroatoms. The molecule has 1 N–H and O–H groups in total. The molecule has 4 rings (SSSR count). The van der Waals surface area contributed by atoms with E-state index in [1.165, 1.54) is 0 Å². The highest BCUT2D eigenvalue weighted by molar-refractivity contribution is 7.00. The van der Waals surface area contributed by atoms with Gasteiger partial charge in [-0.2, -0.15) is 8.75 Å². The summed E-state index contributed by atoms with van der Waals surface area (Å²) >= 11 is 1.13. The highest BCUT2D eigenvalue weighted by Gasteiger charge is 2.27. The topological polar surface area (TPSA) is 80.7 Å². The molecule has 0 atom stereocenters. The van der Waals surface area contributed by atoms with Crippen molar-refractivity contribution in [3.63, 3.8) is 0 Å². The average Bonchev–Trinajstić information content (AvgIpc) is 3.24. The van der Waals surface area contributed by atoms with Crippen LogP contribution in [0.15, 0.2) is 24.3 Å². The van der Waals surface area contributed by atoms with Crippen molar-refractivity contribution < 1.29 is 4.79 Å². The third kappa shape index (κ3) is 2.43. The lowest BCUT2D eigenvalue weighted by atomic mass is 10.2. The highest BCUT2D eigenvalue weighted by atomic mass is 32.1. The van der Waals surface area contributed by atoms with Crippen LogP contribution in [0.25, 0.3) is 11.0 Å². The summed E-state index contributed by atoms with van der Waals surface area (Å²) in [4.78, 5) is 21.3. The Bertz CT molecular complexity index is 871. The van der Waals surface area contributed by atoms with E-state index in [4.69, 9.17) is 0 Å². The van der Waals surface area contributed by atoms with Gasteiger partial charge in [0.05, 0.1) is 17.4 Å². The van der Waals surface area contributed by atoms with Gasteiger partial charge < -0.3 is 5.32 Å². The van der Waals surface area contributed by atoms with E-state index in [2.05, 4.69) is 24.0 Å². The molecule has 22 heavy (non-hydrogen) atoms. The lowest BCUT2D eigenvalue weighted by molar-refractivity contribution is 0.102. The number of fused-ring (bicyclic) bond motifs is 1. The molecule has 0 radical (unpaired) electrons. The highest BCUT2D eigenvalue weighted by Crippen LogP contribution is 2.38. The third-order valence-corrected chi connectivity index (χ3v) is 4.12. The maximum atomic E-state index is 12.5. The minimum atomic E-state index is -0.243. The van der Waals surface area contributed by atoms with Crippen molar-refractivity contribution in [3.05, 3.63) is 41.5 Å². The van der Waals surface area contributed by atoms with Crippen molar-refractivity contribution in [3.8, 4) is 0 Å². The van der Waals surface area contributed by atoms with Crippen molar-refractivity contribution in [2.75, 3.05) is 5.32 Å². The van der Waals surface area contributed by atoms with Crippen LogP contribution >= 0.6 is 11.7 Å². The van der Waals surface area contributed by atoms with Crippen molar-refractivity contribution in [2.24, 2.45) is 0 Å². The molecule has 1 amide bonds. The number of hydrogen-bond acceptors (Lipinski definition) is 6. The Labute approximate surface area is 131 Å². The summed E-state index contributed by atoms with van der Waals surface area (Å²) in [5.41, 5.74) is 3.35. The average molecular weight is 311 g/mol. The van der Waals surface area contributed by atoms with Crippen LogP contribution in [0.3, 0.4) is 0 Å². The summed E-state index contributed by atoms with van der Waals surface area (Å²) in [6, 6.07) is 7.24. The minimum Gasteiger partial charge on any atom is -0.319 e. The number of hydrogen-bond donors (Lipinski definition) is 1. The Hall–Kier alpha value is -2.41. The number of aromatic nitrogens is 4. The first-order valence-electron chi connectivity index (χ1n) is 7.09. The third-order valence-electron chi connectivity index (χ3n) is 3.58. The van der Waals surface area contributed by atoms with E-state index in [0.29, 0.717) is 22.8 Å². The van der Waals surface area contributed by atoms with Gasteiger partial charge in [-0.25, -0.2) is 9.97 Å². The standard InChI is InChI=1S/C15H13N5OS/c1-8-7-12(17-14(16-8)9-5-6-9)15(21)18-10-3-2-4-11-13(10)20-22-19-11/h2-4,7,9H,5-6H2,1H3,(H,18,21). The van der Waals surface area contributed by atoms with Gasteiger partial charge in [0.1, 0.15) is 22.6 Å². The summed E-state index contributed by atoms with van der Waals surface area (Å²) in [5.74, 6) is 0.948. The first kappa shape index (κ1) is 13.3. The first-order valence-corrected chi connectivity index (χ1v) is 7.82. The van der Waals surface area contributed by atoms with Crippen LogP contribution in [0, 0.1) is 6.92 Å². The Morgan fingerprint density at radius 1 is 1.27 bits per heavy atom. The molecule has 0 bridgehead atoms. The maximum absolute atomic E-state index is 12.5. The van der Waals surface area contributed by atoms with Gasteiger partial charge in [0, 0.05) is 11.6 Å². The van der Waals surface area contributed by atoms with Gasteiger partial charge in [-0.1, -0.05) is 6.07 Å². The number of anilines is 1. The fourth-order valence-electron chi connectivity index (χ4n) is 2.33. The van der Waals surface area contributed by atoms with Gasteiger partial charge in [0.25, 0.3) is 5.91 Å². The molecule has 2 aromatic heterocycles. The Balaban J connectivity index is 1.66. The molecule has 0 spiro atoms. The molecule has 1 fully saturated rings. The van der Waals surface area contributed by atoms with E-state index in [0.717, 1.165) is 41.6 Å². The number of benzene rings is 1. The Morgan fingerprint density at radius 3 is 2.95 bits per heavy atom. The van der Waals surface area contributed by atoms with E-state index in [-0.39, 0.29) is 5.91 Å². The molecule has 0 saturated heterocycles. The molecule has 0 unspecified atom stereocenters. The number of amides is 1. The largest absolute Gasteiger partial charge is 0.319 e. The molecule has 1 aliphatic rings. The maximum Gasteiger partial charge on any atom is 0.274 e. The lowest BCUT2D eigenvalue weighted by Crippen LogP contribution is -2.16. The minimum absolute atomic E-state index is 0.243. The van der Waals surface area contributed by atoms with Crippen LogP contribution < -0.4 is 5.32 Å². The molecule has 1 saturated carbocycles. The van der Waals surface area contributed by atoms with Gasteiger partial charge in [-0.15, -0.1) is 0 Å². The number of rotatable bonds is 3. The van der Waals surface area contributed by atoms with Gasteiger partial charge in [-0.3, -0.25) is 4.79 Å². The van der Waals surface area contributed by atoms with Crippen LogP contribution in [0.1, 0.15) is 40.8 Å². The molecular formula is C15H13N5OS. The summed E-state index contributed by atoms with van der Waals surface area (Å²) in [6.45, 7) is 1.88. The quantitative estimate of drug-likeness (QED) is 0.804. The van der Waals surface area contributed by atoms with Crippen LogP contribution in [0.2, 0.25) is 0 Å². The molecule has 1 aromatic carbocycles. The first-order chi connectivity index (χ1) is 10.7. The fraction of sp³-hybridized carbons (Fsp3) is 0.267. The lowest BCUT2D eigenvalue weighted by Gasteiger charge is -2.07. The van der Waals surface area contributed by atoms with E-state index in [1.54, 1.807) is 6.07 Å². The Kier molecular flexibility index (Phi) is 3.07. The zero-order valence-electron chi connectivity index (χ0n) is 11.9. The van der Waals surface area contributed by atoms with E-state index < -0.39 is 0 Å². The van der Waals surface area contributed by atoms with Gasteiger partial charge in [0.15, 0.2) is 0 Å². The predicted octanol–water partition coefficient (Wildman–Crippen LogP) is 2.92. The predicted molar refractivity (Wildman–Crippen MR) is 84.1 cm³/mol. The van der Waals surface area contributed by atoms with Gasteiger partial charge >= 0.3 is 0 Å². The molecule has 1 aliphatic carbocycles. The monoisotopic (exact) mass is 311 g/mol. The smallest absolute Gasteiger partial charge is 0.274 e. The summed E-state index contributed by atoms with van der Waals surface area (Å²) in [5, 5.41) is 2.88. The molecule has 3 aromatic rings. The van der Waals surface area contributed by atoms with Crippen LogP contribution in [0.5, 0.6) is 0 Å². The van der Waals surface area contributed by atoms with Gasteiger partial charge in [0.2, 0.25) is 0 Å². The molecule has 110 valence electrons. The fourth-order valence-corrected chi connectivity index (χ4v) is 2.87. The van der Waals surface area contributed by atoms with Crippen LogP contribution in [0.4, 0.5) is 5.69 Å². The Morgan fingerprint density at radius 2 is 2.14 bits per heavy atom. The number of aryl methyl sites for hydroxylation is 1. The molecular weight excluding hydrogens is 298 g/mol. The normalized spacial score (nSPS) is 14.2. The van der Waals surface area contributed by atoms with Crippen molar-refractivity contribution in [1.29, 1.82) is 0 Å². The zero-order valence-corrected chi connectivity index (χ0v) is 12.7. The summed E-state index contributed by atoms with van der Waals surface area (Å²) < 4.78 is 8.39. The van der Waals surface area contributed by atoms with Crippen LogP contribution in [-0.2, 0) is 0 Å². The SMILES string of the molecule is Cc1cc(C(=O)Nc2cccc3nsnc23)nc(C2CC2)n1. The number of nitrogens with zero attached hydrogens (tertiary/aromatic N) is 4. The second-order valence-electron chi connectivity index (χ2n) is 5.42. The van der Waals surface area contributed by atoms with Crippen molar-refractivity contribution in [2.45, 2.75) is 25.7 Å². The van der Waals surface area contributed by atoms with E-state index in [9.17, 15) is 4.79 Å². The van der Waals surface area contributed by atoms with Crippen molar-refractivity contribution in [1.82, 2.24) is 18.7 Å².